The molecule has 124 valence electrons. The van der Waals surface area contributed by atoms with E-state index in [0.717, 1.165) is 26.4 Å². The fourth-order valence-corrected chi connectivity index (χ4v) is 4.63. The van der Waals surface area contributed by atoms with Crippen molar-refractivity contribution in [3.05, 3.63) is 40.5 Å². The van der Waals surface area contributed by atoms with Gasteiger partial charge in [-0.15, -0.1) is 23.1 Å². The summed E-state index contributed by atoms with van der Waals surface area (Å²) >= 11 is 9.23. The van der Waals surface area contributed by atoms with Gasteiger partial charge < -0.3 is 5.11 Å². The zero-order valence-corrected chi connectivity index (χ0v) is 15.3. The van der Waals surface area contributed by atoms with Crippen LogP contribution in [0.25, 0.3) is 21.3 Å². The van der Waals surface area contributed by atoms with E-state index in [4.69, 9.17) is 16.7 Å². The van der Waals surface area contributed by atoms with Crippen LogP contribution in [0.2, 0.25) is 5.02 Å². The first-order valence-electron chi connectivity index (χ1n) is 7.41. The summed E-state index contributed by atoms with van der Waals surface area (Å²) in [5, 5.41) is 11.4. The number of benzene rings is 1. The number of fused-ring (bicyclic) bond motifs is 1. The zero-order chi connectivity index (χ0) is 17.1. The molecule has 0 bridgehead atoms. The number of aryl methyl sites for hydroxylation is 1. The molecule has 1 aromatic carbocycles. The number of carboxylic acids is 1. The van der Waals surface area contributed by atoms with Crippen molar-refractivity contribution in [3.63, 3.8) is 0 Å². The summed E-state index contributed by atoms with van der Waals surface area (Å²) in [6.45, 7) is 2.08. The molecule has 2 aromatic heterocycles. The van der Waals surface area contributed by atoms with Crippen molar-refractivity contribution in [3.8, 4) is 11.1 Å². The molecule has 0 aliphatic heterocycles. The Morgan fingerprint density at radius 1 is 1.29 bits per heavy atom. The van der Waals surface area contributed by atoms with Gasteiger partial charge in [0, 0.05) is 27.6 Å². The molecular formula is C17H15ClN2O2S2. The molecule has 0 fully saturated rings. The highest BCUT2D eigenvalue weighted by Crippen LogP contribution is 2.41. The molecule has 0 saturated heterocycles. The minimum absolute atomic E-state index is 0.175. The van der Waals surface area contributed by atoms with E-state index in [1.54, 1.807) is 29.4 Å². The van der Waals surface area contributed by atoms with E-state index in [2.05, 4.69) is 16.9 Å². The van der Waals surface area contributed by atoms with Crippen molar-refractivity contribution in [1.29, 1.82) is 0 Å². The van der Waals surface area contributed by atoms with E-state index in [0.29, 0.717) is 17.2 Å². The summed E-state index contributed by atoms with van der Waals surface area (Å²) < 4.78 is 0. The summed E-state index contributed by atoms with van der Waals surface area (Å²) in [6.07, 6.45) is 2.36. The number of aromatic nitrogens is 2. The number of rotatable bonds is 6. The molecule has 0 unspecified atom stereocenters. The van der Waals surface area contributed by atoms with E-state index in [1.807, 2.05) is 24.3 Å². The molecule has 0 radical (unpaired) electrons. The molecule has 7 heteroatoms. The van der Waals surface area contributed by atoms with Gasteiger partial charge in [0.1, 0.15) is 16.2 Å². The quantitative estimate of drug-likeness (QED) is 0.359. The standard InChI is InChI=1S/C17H15ClN2O2S2/c1-10-14(11-4-6-12(18)7-5-11)15-16(19-9-20-17(15)24-10)23-8-2-3-13(21)22/h4-7,9H,2-3,8H2,1H3,(H,21,22). The monoisotopic (exact) mass is 378 g/mol. The number of nitrogens with zero attached hydrogens (tertiary/aromatic N) is 2. The predicted octanol–water partition coefficient (Wildman–Crippen LogP) is 5.28. The first-order valence-corrected chi connectivity index (χ1v) is 9.59. The van der Waals surface area contributed by atoms with E-state index in [-0.39, 0.29) is 6.42 Å². The fraction of sp³-hybridized carbons (Fsp3) is 0.235. The highest BCUT2D eigenvalue weighted by Gasteiger charge is 2.17. The molecular weight excluding hydrogens is 364 g/mol. The van der Waals surface area contributed by atoms with E-state index in [1.165, 1.54) is 4.88 Å². The number of carboxylic acid groups (broad SMARTS) is 1. The number of hydrogen-bond acceptors (Lipinski definition) is 5. The zero-order valence-electron chi connectivity index (χ0n) is 13.0. The normalized spacial score (nSPS) is 11.1. The van der Waals surface area contributed by atoms with Crippen LogP contribution in [0.1, 0.15) is 17.7 Å². The summed E-state index contributed by atoms with van der Waals surface area (Å²) in [5.41, 5.74) is 2.22. The Hall–Kier alpha value is -1.63. The molecule has 2 heterocycles. The van der Waals surface area contributed by atoms with Crippen LogP contribution in [0.15, 0.2) is 35.6 Å². The van der Waals surface area contributed by atoms with Gasteiger partial charge in [-0.05, 0) is 31.0 Å². The van der Waals surface area contributed by atoms with Gasteiger partial charge >= 0.3 is 5.97 Å². The Labute approximate surface area is 152 Å². The van der Waals surface area contributed by atoms with Gasteiger partial charge in [0.25, 0.3) is 0 Å². The molecule has 0 aliphatic rings. The molecule has 3 aromatic rings. The molecule has 4 nitrogen and oxygen atoms in total. The van der Waals surface area contributed by atoms with Crippen molar-refractivity contribution in [1.82, 2.24) is 9.97 Å². The Kier molecular flexibility index (Phi) is 5.38. The van der Waals surface area contributed by atoms with Crippen molar-refractivity contribution in [2.45, 2.75) is 24.8 Å². The van der Waals surface area contributed by atoms with E-state index >= 15 is 0 Å². The van der Waals surface area contributed by atoms with Gasteiger partial charge in [-0.2, -0.15) is 0 Å². The lowest BCUT2D eigenvalue weighted by molar-refractivity contribution is -0.137. The Balaban J connectivity index is 1.98. The lowest BCUT2D eigenvalue weighted by Crippen LogP contribution is -1.95. The molecule has 0 amide bonds. The molecule has 0 aliphatic carbocycles. The summed E-state index contributed by atoms with van der Waals surface area (Å²) in [6, 6.07) is 7.76. The van der Waals surface area contributed by atoms with Crippen LogP contribution in [-0.2, 0) is 4.79 Å². The first-order chi connectivity index (χ1) is 11.6. The third-order valence-corrected chi connectivity index (χ3v) is 5.88. The van der Waals surface area contributed by atoms with Gasteiger partial charge in [0.05, 0.1) is 5.39 Å². The minimum atomic E-state index is -0.767. The van der Waals surface area contributed by atoms with Crippen LogP contribution in [-0.4, -0.2) is 26.8 Å². The predicted molar refractivity (Wildman–Crippen MR) is 100 cm³/mol. The number of thioether (sulfide) groups is 1. The second-order valence-corrected chi connectivity index (χ2v) is 7.97. The molecule has 24 heavy (non-hydrogen) atoms. The lowest BCUT2D eigenvalue weighted by Gasteiger charge is -2.06. The minimum Gasteiger partial charge on any atom is -0.481 e. The van der Waals surface area contributed by atoms with E-state index in [9.17, 15) is 4.79 Å². The molecule has 3 rings (SSSR count). The summed E-state index contributed by atoms with van der Waals surface area (Å²) in [7, 11) is 0. The smallest absolute Gasteiger partial charge is 0.303 e. The second kappa shape index (κ2) is 7.51. The largest absolute Gasteiger partial charge is 0.481 e. The Morgan fingerprint density at radius 2 is 2.04 bits per heavy atom. The van der Waals surface area contributed by atoms with Gasteiger partial charge in [0.2, 0.25) is 0 Å². The third-order valence-electron chi connectivity index (χ3n) is 3.54. The van der Waals surface area contributed by atoms with Crippen LogP contribution in [0.4, 0.5) is 0 Å². The van der Waals surface area contributed by atoms with Crippen LogP contribution < -0.4 is 0 Å². The number of halogens is 1. The van der Waals surface area contributed by atoms with Crippen molar-refractivity contribution in [2.24, 2.45) is 0 Å². The number of carbonyl (C=O) groups is 1. The SMILES string of the molecule is Cc1sc2ncnc(SCCCC(=O)O)c2c1-c1ccc(Cl)cc1. The van der Waals surface area contributed by atoms with Crippen molar-refractivity contribution < 1.29 is 9.90 Å². The highest BCUT2D eigenvalue weighted by molar-refractivity contribution is 7.99. The molecule has 0 atom stereocenters. The maximum atomic E-state index is 10.6. The summed E-state index contributed by atoms with van der Waals surface area (Å²) in [4.78, 5) is 21.6. The maximum absolute atomic E-state index is 10.6. The average Bonchev–Trinajstić information content (AvgIpc) is 2.89. The number of hydrogen-bond donors (Lipinski definition) is 1. The molecule has 0 saturated carbocycles. The highest BCUT2D eigenvalue weighted by atomic mass is 35.5. The van der Waals surface area contributed by atoms with Crippen LogP contribution in [0.5, 0.6) is 0 Å². The van der Waals surface area contributed by atoms with Crippen molar-refractivity contribution in [2.75, 3.05) is 5.75 Å². The Morgan fingerprint density at radius 3 is 2.75 bits per heavy atom. The first kappa shape index (κ1) is 17.2. The summed E-state index contributed by atoms with van der Waals surface area (Å²) in [5.74, 6) is -0.0513. The fourth-order valence-electron chi connectivity index (χ4n) is 2.48. The molecule has 1 N–H and O–H groups in total. The van der Waals surface area contributed by atoms with Gasteiger partial charge in [-0.1, -0.05) is 23.7 Å². The van der Waals surface area contributed by atoms with Gasteiger partial charge in [-0.3, -0.25) is 4.79 Å². The van der Waals surface area contributed by atoms with Crippen molar-refractivity contribution >= 4 is 50.9 Å². The van der Waals surface area contributed by atoms with Crippen LogP contribution in [0, 0.1) is 6.92 Å². The maximum Gasteiger partial charge on any atom is 0.303 e. The molecule has 0 spiro atoms. The van der Waals surface area contributed by atoms with E-state index < -0.39 is 5.97 Å². The second-order valence-electron chi connectivity index (χ2n) is 5.24. The van der Waals surface area contributed by atoms with Gasteiger partial charge in [-0.25, -0.2) is 9.97 Å². The third kappa shape index (κ3) is 3.71. The number of thiophene rings is 1. The van der Waals surface area contributed by atoms with Crippen LogP contribution >= 0.6 is 34.7 Å². The average molecular weight is 379 g/mol. The Bertz CT molecular complexity index is 878. The number of aliphatic carboxylic acids is 1. The lowest BCUT2D eigenvalue weighted by atomic mass is 10.0. The van der Waals surface area contributed by atoms with Crippen LogP contribution in [0.3, 0.4) is 0 Å². The topological polar surface area (TPSA) is 63.1 Å². The van der Waals surface area contributed by atoms with Gasteiger partial charge in [0.15, 0.2) is 0 Å².